The zero-order valence-electron chi connectivity index (χ0n) is 12.9. The van der Waals surface area contributed by atoms with Crippen LogP contribution in [0.1, 0.15) is 66.2 Å². The van der Waals surface area contributed by atoms with Crippen molar-refractivity contribution in [1.29, 1.82) is 0 Å². The second-order valence-electron chi connectivity index (χ2n) is 4.89. The number of rotatable bonds is 10. The molecule has 0 aromatic carbocycles. The van der Waals surface area contributed by atoms with E-state index in [0.29, 0.717) is 0 Å². The van der Waals surface area contributed by atoms with Gasteiger partial charge in [0, 0.05) is 0 Å². The highest BCUT2D eigenvalue weighted by Gasteiger charge is 2.22. The highest BCUT2D eigenvalue weighted by molar-refractivity contribution is 4.46. The van der Waals surface area contributed by atoms with Crippen molar-refractivity contribution in [2.45, 2.75) is 66.2 Å². The maximum absolute atomic E-state index is 8.25. The van der Waals surface area contributed by atoms with E-state index in [1.807, 2.05) is 0 Å². The summed E-state index contributed by atoms with van der Waals surface area (Å²) < 4.78 is 1.38. The largest absolute Gasteiger partial charge is 0.857 e. The van der Waals surface area contributed by atoms with E-state index in [1.165, 1.54) is 69.2 Å². The zero-order valence-corrected chi connectivity index (χ0v) is 12.9. The first-order valence-corrected chi connectivity index (χ1v) is 7.50. The van der Waals surface area contributed by atoms with Gasteiger partial charge in [-0.05, 0) is 26.2 Å². The molecule has 0 saturated heterocycles. The number of quaternary nitrogens is 1. The Bertz CT molecular complexity index is 115. The van der Waals surface area contributed by atoms with Crippen LogP contribution in [0.15, 0.2) is 0 Å². The minimum absolute atomic E-state index is 0.750. The number of hydrogen-bond donors (Lipinski definition) is 0. The molecule has 0 aromatic rings. The third-order valence-electron chi connectivity index (χ3n) is 3.63. The second kappa shape index (κ2) is 14.0. The van der Waals surface area contributed by atoms with Crippen molar-refractivity contribution in [1.82, 2.24) is 0 Å². The van der Waals surface area contributed by atoms with Gasteiger partial charge >= 0.3 is 0 Å². The number of hydrogen-bond acceptors (Lipinski definition) is 1. The van der Waals surface area contributed by atoms with Crippen LogP contribution in [-0.2, 0) is 0 Å². The predicted molar refractivity (Wildman–Crippen MR) is 76.1 cm³/mol. The van der Waals surface area contributed by atoms with Crippen molar-refractivity contribution >= 4 is 0 Å². The molecule has 0 rings (SSSR count). The van der Waals surface area contributed by atoms with Gasteiger partial charge < -0.3 is 9.59 Å². The summed E-state index contributed by atoms with van der Waals surface area (Å²) in [5.41, 5.74) is 0. The van der Waals surface area contributed by atoms with Gasteiger partial charge in [-0.15, -0.1) is 0 Å². The molecule has 0 atom stereocenters. The lowest BCUT2D eigenvalue weighted by Crippen LogP contribution is -2.49. The lowest BCUT2D eigenvalue weighted by Gasteiger charge is -2.38. The van der Waals surface area contributed by atoms with Crippen molar-refractivity contribution in [3.8, 4) is 0 Å². The Hall–Kier alpha value is -0.0800. The van der Waals surface area contributed by atoms with Gasteiger partial charge in [0.1, 0.15) is 0 Å². The zero-order chi connectivity index (χ0) is 13.6. The van der Waals surface area contributed by atoms with Crippen LogP contribution < -0.4 is 5.11 Å². The lowest BCUT2D eigenvalue weighted by atomic mass is 10.1. The molecule has 0 unspecified atom stereocenters. The maximum Gasteiger partial charge on any atom is 0.0786 e. The topological polar surface area (TPSA) is 23.1 Å². The molecule has 0 amide bonds. The van der Waals surface area contributed by atoms with Crippen LogP contribution in [0.5, 0.6) is 0 Å². The average Bonchev–Trinajstić information content (AvgIpc) is 2.41. The van der Waals surface area contributed by atoms with Gasteiger partial charge in [0.25, 0.3) is 0 Å². The summed E-state index contributed by atoms with van der Waals surface area (Å²) in [6.07, 6.45) is 8.25. The molecule has 0 aliphatic rings. The van der Waals surface area contributed by atoms with Gasteiger partial charge in [0.15, 0.2) is 0 Å². The van der Waals surface area contributed by atoms with Crippen LogP contribution in [0.25, 0.3) is 0 Å². The molecule has 0 N–H and O–H groups in total. The van der Waals surface area contributed by atoms with Crippen molar-refractivity contribution in [2.75, 3.05) is 33.3 Å². The van der Waals surface area contributed by atoms with Crippen molar-refractivity contribution in [3.63, 3.8) is 0 Å². The highest BCUT2D eigenvalue weighted by Crippen LogP contribution is 2.14. The fourth-order valence-electron chi connectivity index (χ4n) is 2.29. The predicted octanol–water partition coefficient (Wildman–Crippen LogP) is 3.20. The third kappa shape index (κ3) is 9.61. The monoisotopic (exact) mass is 245 g/mol. The first-order valence-electron chi connectivity index (χ1n) is 7.50. The Morgan fingerprint density at radius 3 is 1.12 bits per heavy atom. The summed E-state index contributed by atoms with van der Waals surface area (Å²) in [5.74, 6) is 0. The van der Waals surface area contributed by atoms with Gasteiger partial charge in [-0.3, -0.25) is 0 Å². The SMILES string of the molecule is CCCC[N+](CC)(CCCC)CCCC.C[O-]. The van der Waals surface area contributed by atoms with E-state index in [0.717, 1.165) is 7.11 Å². The molecule has 0 bridgehead atoms. The summed E-state index contributed by atoms with van der Waals surface area (Å²) in [6.45, 7) is 14.9. The van der Waals surface area contributed by atoms with E-state index >= 15 is 0 Å². The normalized spacial score (nSPS) is 10.9. The molecule has 2 heteroatoms. The molecule has 0 radical (unpaired) electrons. The second-order valence-corrected chi connectivity index (χ2v) is 4.89. The molecule has 0 saturated carbocycles. The van der Waals surface area contributed by atoms with E-state index < -0.39 is 0 Å². The van der Waals surface area contributed by atoms with E-state index in [1.54, 1.807) is 0 Å². The minimum Gasteiger partial charge on any atom is -0.857 e. The Labute approximate surface area is 110 Å². The molecule has 0 heterocycles. The molecular formula is C15H35NO. The van der Waals surface area contributed by atoms with Gasteiger partial charge in [-0.25, -0.2) is 0 Å². The highest BCUT2D eigenvalue weighted by atomic mass is 16.2. The Balaban J connectivity index is 0. The first-order chi connectivity index (χ1) is 8.24. The number of nitrogens with zero attached hydrogens (tertiary/aromatic N) is 1. The Morgan fingerprint density at radius 1 is 0.647 bits per heavy atom. The summed E-state index contributed by atoms with van der Waals surface area (Å²) in [4.78, 5) is 0. The van der Waals surface area contributed by atoms with Crippen LogP contribution in [0.4, 0.5) is 0 Å². The van der Waals surface area contributed by atoms with Crippen LogP contribution in [-0.4, -0.2) is 37.8 Å². The Morgan fingerprint density at radius 2 is 0.941 bits per heavy atom. The first kappa shape index (κ1) is 19.3. The van der Waals surface area contributed by atoms with Crippen molar-refractivity contribution in [2.24, 2.45) is 0 Å². The van der Waals surface area contributed by atoms with Gasteiger partial charge in [0.05, 0.1) is 26.2 Å². The van der Waals surface area contributed by atoms with Gasteiger partial charge in [-0.2, -0.15) is 7.11 Å². The molecular weight excluding hydrogens is 210 g/mol. The fourth-order valence-corrected chi connectivity index (χ4v) is 2.29. The Kier molecular flexibility index (Phi) is 15.8. The quantitative estimate of drug-likeness (QED) is 0.542. The van der Waals surface area contributed by atoms with E-state index in [2.05, 4.69) is 27.7 Å². The average molecular weight is 245 g/mol. The van der Waals surface area contributed by atoms with E-state index in [9.17, 15) is 0 Å². The maximum atomic E-state index is 8.25. The molecule has 0 aliphatic heterocycles. The molecule has 0 aromatic heterocycles. The summed E-state index contributed by atoms with van der Waals surface area (Å²) in [5, 5.41) is 8.25. The molecule has 0 fully saturated rings. The number of unbranched alkanes of at least 4 members (excludes halogenated alkanes) is 3. The van der Waals surface area contributed by atoms with Gasteiger partial charge in [0.2, 0.25) is 0 Å². The minimum atomic E-state index is 0.750. The molecule has 0 aliphatic carbocycles. The van der Waals surface area contributed by atoms with Crippen LogP contribution in [0.2, 0.25) is 0 Å². The molecule has 106 valence electrons. The van der Waals surface area contributed by atoms with Crippen molar-refractivity contribution < 1.29 is 9.59 Å². The smallest absolute Gasteiger partial charge is 0.0786 e. The van der Waals surface area contributed by atoms with Gasteiger partial charge in [-0.1, -0.05) is 40.0 Å². The lowest BCUT2D eigenvalue weighted by molar-refractivity contribution is -0.927. The van der Waals surface area contributed by atoms with E-state index in [4.69, 9.17) is 5.11 Å². The fraction of sp³-hybridized carbons (Fsp3) is 1.00. The van der Waals surface area contributed by atoms with Crippen LogP contribution in [0.3, 0.4) is 0 Å². The van der Waals surface area contributed by atoms with Crippen LogP contribution in [0, 0.1) is 0 Å². The summed E-state index contributed by atoms with van der Waals surface area (Å²) >= 11 is 0. The summed E-state index contributed by atoms with van der Waals surface area (Å²) in [6, 6.07) is 0. The van der Waals surface area contributed by atoms with E-state index in [-0.39, 0.29) is 0 Å². The van der Waals surface area contributed by atoms with Crippen molar-refractivity contribution in [3.05, 3.63) is 0 Å². The molecule has 2 nitrogen and oxygen atoms in total. The molecule has 17 heavy (non-hydrogen) atoms. The summed E-state index contributed by atoms with van der Waals surface area (Å²) in [7, 11) is 0.750. The third-order valence-corrected chi connectivity index (χ3v) is 3.63. The van der Waals surface area contributed by atoms with Crippen LogP contribution >= 0.6 is 0 Å². The standard InChI is InChI=1S/C14H32N.CH3O/c1-5-9-12-15(8-4,13-10-6-2)14-11-7-3;1-2/h5-14H2,1-4H3;1H3/q+1;-1. The molecule has 0 spiro atoms.